The van der Waals surface area contributed by atoms with Crippen LogP contribution in [0.1, 0.15) is 18.4 Å². The third-order valence-electron chi connectivity index (χ3n) is 2.70. The maximum atomic E-state index is 12.6. The minimum absolute atomic E-state index is 0.0643. The molecule has 0 aromatic heterocycles. The van der Waals surface area contributed by atoms with Gasteiger partial charge in [0.1, 0.15) is 0 Å². The van der Waals surface area contributed by atoms with Crippen molar-refractivity contribution in [2.45, 2.75) is 31.4 Å². The van der Waals surface area contributed by atoms with Crippen LogP contribution in [0.15, 0.2) is 22.7 Å². The van der Waals surface area contributed by atoms with Gasteiger partial charge in [0.05, 0.1) is 5.02 Å². The van der Waals surface area contributed by atoms with E-state index in [9.17, 15) is 8.78 Å². The van der Waals surface area contributed by atoms with Crippen LogP contribution in [0.5, 0.6) is 0 Å². The average molecular weight is 311 g/mol. The Morgan fingerprint density at radius 3 is 2.75 bits per heavy atom. The first-order valence-corrected chi connectivity index (χ1v) is 6.19. The van der Waals surface area contributed by atoms with Gasteiger partial charge >= 0.3 is 0 Å². The summed E-state index contributed by atoms with van der Waals surface area (Å²) in [6.45, 7) is 0.557. The summed E-state index contributed by atoms with van der Waals surface area (Å²) in [4.78, 5) is 0. The molecule has 0 saturated heterocycles. The van der Waals surface area contributed by atoms with Crippen LogP contribution in [-0.2, 0) is 6.54 Å². The zero-order chi connectivity index (χ0) is 11.8. The summed E-state index contributed by atoms with van der Waals surface area (Å²) < 4.78 is 26.0. The monoisotopic (exact) mass is 309 g/mol. The van der Waals surface area contributed by atoms with E-state index in [1.54, 1.807) is 6.07 Å². The Labute approximate surface area is 106 Å². The fourth-order valence-corrected chi connectivity index (χ4v) is 2.34. The lowest BCUT2D eigenvalue weighted by Crippen LogP contribution is -2.48. The van der Waals surface area contributed by atoms with Gasteiger partial charge in [-0.25, -0.2) is 8.78 Å². The Morgan fingerprint density at radius 2 is 2.12 bits per heavy atom. The topological polar surface area (TPSA) is 12.0 Å². The summed E-state index contributed by atoms with van der Waals surface area (Å²) in [5.41, 5.74) is 0.989. The van der Waals surface area contributed by atoms with Gasteiger partial charge in [-0.15, -0.1) is 0 Å². The lowest BCUT2D eigenvalue weighted by molar-refractivity contribution is -0.0930. The summed E-state index contributed by atoms with van der Waals surface area (Å²) in [7, 11) is 0. The molecule has 1 aromatic carbocycles. The number of hydrogen-bond acceptors (Lipinski definition) is 1. The number of rotatable bonds is 3. The van der Waals surface area contributed by atoms with Crippen LogP contribution in [0.4, 0.5) is 8.78 Å². The first kappa shape index (κ1) is 12.3. The molecule has 0 atom stereocenters. The number of benzene rings is 1. The standard InChI is InChI=1S/C11H11BrClF2N/c12-10-7(2-1-3-9(10)13)6-16-8-4-11(14,15)5-8/h1-3,8,16H,4-6H2. The largest absolute Gasteiger partial charge is 0.309 e. The van der Waals surface area contributed by atoms with E-state index in [0.717, 1.165) is 10.0 Å². The maximum absolute atomic E-state index is 12.6. The van der Waals surface area contributed by atoms with Crippen LogP contribution >= 0.6 is 27.5 Å². The molecule has 1 aliphatic rings. The van der Waals surface area contributed by atoms with Gasteiger partial charge in [-0.1, -0.05) is 23.7 Å². The highest BCUT2D eigenvalue weighted by atomic mass is 79.9. The third kappa shape index (κ3) is 2.73. The first-order valence-electron chi connectivity index (χ1n) is 5.02. The molecule has 2 rings (SSSR count). The summed E-state index contributed by atoms with van der Waals surface area (Å²) in [6, 6.07) is 5.46. The van der Waals surface area contributed by atoms with Crippen molar-refractivity contribution in [2.75, 3.05) is 0 Å². The van der Waals surface area contributed by atoms with Crippen molar-refractivity contribution in [3.8, 4) is 0 Å². The maximum Gasteiger partial charge on any atom is 0.251 e. The molecule has 0 spiro atoms. The minimum atomic E-state index is -2.47. The van der Waals surface area contributed by atoms with Crippen molar-refractivity contribution in [1.29, 1.82) is 0 Å². The second-order valence-corrected chi connectivity index (χ2v) is 5.26. The van der Waals surface area contributed by atoms with Crippen LogP contribution in [0, 0.1) is 0 Å². The molecule has 0 radical (unpaired) electrons. The Bertz CT molecular complexity index is 390. The predicted molar refractivity (Wildman–Crippen MR) is 64.0 cm³/mol. The van der Waals surface area contributed by atoms with Crippen LogP contribution in [-0.4, -0.2) is 12.0 Å². The highest BCUT2D eigenvalue weighted by Crippen LogP contribution is 2.37. The van der Waals surface area contributed by atoms with E-state index in [0.29, 0.717) is 11.6 Å². The minimum Gasteiger partial charge on any atom is -0.309 e. The highest BCUT2D eigenvalue weighted by Gasteiger charge is 2.44. The molecule has 1 N–H and O–H groups in total. The molecule has 88 valence electrons. The molecule has 1 aromatic rings. The van der Waals surface area contributed by atoms with Gasteiger partial charge in [0, 0.05) is 29.9 Å². The summed E-state index contributed by atoms with van der Waals surface area (Å²) in [5.74, 6) is -2.47. The summed E-state index contributed by atoms with van der Waals surface area (Å²) >= 11 is 9.30. The Hall–Kier alpha value is -0.190. The third-order valence-corrected chi connectivity index (χ3v) is 4.18. The quantitative estimate of drug-likeness (QED) is 0.890. The Balaban J connectivity index is 1.89. The zero-order valence-electron chi connectivity index (χ0n) is 8.44. The van der Waals surface area contributed by atoms with Crippen molar-refractivity contribution in [2.24, 2.45) is 0 Å². The normalized spacial score (nSPS) is 19.5. The number of nitrogens with one attached hydrogen (secondary N) is 1. The Kier molecular flexibility index (Phi) is 3.52. The van der Waals surface area contributed by atoms with Crippen molar-refractivity contribution < 1.29 is 8.78 Å². The highest BCUT2D eigenvalue weighted by molar-refractivity contribution is 9.10. The molecule has 1 fully saturated rings. The Morgan fingerprint density at radius 1 is 1.44 bits per heavy atom. The van der Waals surface area contributed by atoms with Crippen LogP contribution < -0.4 is 5.32 Å². The zero-order valence-corrected chi connectivity index (χ0v) is 10.8. The number of alkyl halides is 2. The van der Waals surface area contributed by atoms with Gasteiger partial charge in [0.25, 0.3) is 5.92 Å². The molecule has 1 saturated carbocycles. The molecule has 0 amide bonds. The van der Waals surface area contributed by atoms with E-state index >= 15 is 0 Å². The summed E-state index contributed by atoms with van der Waals surface area (Å²) in [6.07, 6.45) is -0.129. The van der Waals surface area contributed by atoms with E-state index in [-0.39, 0.29) is 18.9 Å². The van der Waals surface area contributed by atoms with E-state index in [4.69, 9.17) is 11.6 Å². The predicted octanol–water partition coefficient (Wildman–Crippen LogP) is 3.99. The van der Waals surface area contributed by atoms with E-state index in [1.165, 1.54) is 0 Å². The van der Waals surface area contributed by atoms with Crippen molar-refractivity contribution >= 4 is 27.5 Å². The molecule has 0 aliphatic heterocycles. The second kappa shape index (κ2) is 4.59. The van der Waals surface area contributed by atoms with Gasteiger partial charge in [-0.05, 0) is 27.6 Å². The lowest BCUT2D eigenvalue weighted by Gasteiger charge is -2.35. The van der Waals surface area contributed by atoms with Gasteiger partial charge in [-0.3, -0.25) is 0 Å². The van der Waals surface area contributed by atoms with Crippen molar-refractivity contribution in [3.63, 3.8) is 0 Å². The van der Waals surface area contributed by atoms with Crippen molar-refractivity contribution in [1.82, 2.24) is 5.32 Å². The van der Waals surface area contributed by atoms with Gasteiger partial charge in [0.2, 0.25) is 0 Å². The second-order valence-electron chi connectivity index (χ2n) is 4.05. The smallest absolute Gasteiger partial charge is 0.251 e. The van der Waals surface area contributed by atoms with E-state index < -0.39 is 5.92 Å². The lowest BCUT2D eigenvalue weighted by atomic mass is 9.88. The SMILES string of the molecule is FC1(F)CC(NCc2cccc(Cl)c2Br)C1. The molecule has 1 nitrogen and oxygen atoms in total. The van der Waals surface area contributed by atoms with Gasteiger partial charge < -0.3 is 5.32 Å². The van der Waals surface area contributed by atoms with Crippen LogP contribution in [0.2, 0.25) is 5.02 Å². The van der Waals surface area contributed by atoms with Crippen LogP contribution in [0.3, 0.4) is 0 Å². The molecule has 16 heavy (non-hydrogen) atoms. The average Bonchev–Trinajstić information content (AvgIpc) is 2.17. The number of halogens is 4. The van der Waals surface area contributed by atoms with E-state index in [2.05, 4.69) is 21.2 Å². The fraction of sp³-hybridized carbons (Fsp3) is 0.455. The molecular weight excluding hydrogens is 299 g/mol. The van der Waals surface area contributed by atoms with Gasteiger partial charge in [0.15, 0.2) is 0 Å². The fourth-order valence-electron chi connectivity index (χ4n) is 1.74. The molecule has 5 heteroatoms. The molecular formula is C11H11BrClF2N. The van der Waals surface area contributed by atoms with Crippen LogP contribution in [0.25, 0.3) is 0 Å². The van der Waals surface area contributed by atoms with Gasteiger partial charge in [-0.2, -0.15) is 0 Å². The molecule has 0 heterocycles. The molecule has 1 aliphatic carbocycles. The first-order chi connectivity index (χ1) is 7.48. The van der Waals surface area contributed by atoms with Crippen molar-refractivity contribution in [3.05, 3.63) is 33.3 Å². The molecule has 0 bridgehead atoms. The summed E-state index contributed by atoms with van der Waals surface area (Å²) in [5, 5.41) is 3.73. The van der Waals surface area contributed by atoms with E-state index in [1.807, 2.05) is 12.1 Å². The number of hydrogen-bond donors (Lipinski definition) is 1. The molecule has 0 unspecified atom stereocenters.